The lowest BCUT2D eigenvalue weighted by atomic mass is 10.2. The topological polar surface area (TPSA) is 79.5 Å². The third-order valence-corrected chi connectivity index (χ3v) is 3.36. The van der Waals surface area contributed by atoms with Crippen molar-refractivity contribution in [2.75, 3.05) is 25.0 Å². The molecule has 144 valence electrons. The highest BCUT2D eigenvalue weighted by Gasteiger charge is 2.15. The Morgan fingerprint density at radius 2 is 1.81 bits per heavy atom. The first-order chi connectivity index (χ1) is 12.9. The van der Waals surface area contributed by atoms with E-state index < -0.39 is 41.6 Å². The second-order valence-electron chi connectivity index (χ2n) is 5.55. The summed E-state index contributed by atoms with van der Waals surface area (Å²) in [5.41, 5.74) is 0.523. The molecule has 0 saturated carbocycles. The average molecular weight is 381 g/mol. The molecule has 3 amide bonds. The second-order valence-corrected chi connectivity index (χ2v) is 5.55. The Labute approximate surface area is 153 Å². The first-order valence-electron chi connectivity index (χ1n) is 8.01. The maximum absolute atomic E-state index is 13.4. The Balaban J connectivity index is 1.68. The summed E-state index contributed by atoms with van der Waals surface area (Å²) in [5.74, 6) is -4.69. The minimum atomic E-state index is -1.69. The molecule has 0 unspecified atom stereocenters. The highest BCUT2D eigenvalue weighted by molar-refractivity contribution is 5.94. The predicted molar refractivity (Wildman–Crippen MR) is 93.0 cm³/mol. The fourth-order valence-corrected chi connectivity index (χ4v) is 2.08. The van der Waals surface area contributed by atoms with E-state index in [9.17, 15) is 22.8 Å². The SMILES string of the molecule is Cc1cccc(OCCNC(=O)NCC(=O)Nc2ccc(F)c(F)c2F)c1. The number of benzene rings is 2. The molecule has 0 radical (unpaired) electrons. The standard InChI is InChI=1S/C18H18F3N3O3/c1-11-3-2-4-12(9-11)27-8-7-22-18(26)23-10-15(25)24-14-6-5-13(19)16(20)17(14)21/h2-6,9H,7-8,10H2,1H3,(H,24,25)(H2,22,23,26). The minimum Gasteiger partial charge on any atom is -0.492 e. The van der Waals surface area contributed by atoms with Gasteiger partial charge in [0.1, 0.15) is 12.4 Å². The zero-order chi connectivity index (χ0) is 19.8. The Kier molecular flexibility index (Phi) is 7.04. The number of urea groups is 1. The lowest BCUT2D eigenvalue weighted by molar-refractivity contribution is -0.115. The van der Waals surface area contributed by atoms with E-state index in [1.807, 2.05) is 30.4 Å². The van der Waals surface area contributed by atoms with Gasteiger partial charge in [-0.05, 0) is 36.8 Å². The molecule has 0 aliphatic rings. The van der Waals surface area contributed by atoms with Crippen LogP contribution in [0.4, 0.5) is 23.7 Å². The number of nitrogens with one attached hydrogen (secondary N) is 3. The van der Waals surface area contributed by atoms with Crippen molar-refractivity contribution in [1.82, 2.24) is 10.6 Å². The summed E-state index contributed by atoms with van der Waals surface area (Å²) in [4.78, 5) is 23.2. The van der Waals surface area contributed by atoms with E-state index in [2.05, 4.69) is 10.6 Å². The summed E-state index contributed by atoms with van der Waals surface area (Å²) in [6.45, 7) is 1.86. The molecule has 0 bridgehead atoms. The van der Waals surface area contributed by atoms with E-state index in [0.717, 1.165) is 11.6 Å². The van der Waals surface area contributed by atoms with Crippen LogP contribution in [-0.4, -0.2) is 31.6 Å². The molecule has 2 aromatic rings. The average Bonchev–Trinajstić information content (AvgIpc) is 2.64. The fraction of sp³-hybridized carbons (Fsp3) is 0.222. The first-order valence-corrected chi connectivity index (χ1v) is 8.01. The van der Waals surface area contributed by atoms with Gasteiger partial charge in [-0.25, -0.2) is 18.0 Å². The van der Waals surface area contributed by atoms with Gasteiger partial charge in [0.2, 0.25) is 5.91 Å². The van der Waals surface area contributed by atoms with E-state index in [-0.39, 0.29) is 13.2 Å². The van der Waals surface area contributed by atoms with Crippen LogP contribution in [0.15, 0.2) is 36.4 Å². The van der Waals surface area contributed by atoms with Gasteiger partial charge in [-0.1, -0.05) is 12.1 Å². The fourth-order valence-electron chi connectivity index (χ4n) is 2.08. The maximum Gasteiger partial charge on any atom is 0.315 e. The number of carbonyl (C=O) groups is 2. The lowest BCUT2D eigenvalue weighted by Crippen LogP contribution is -2.41. The molecule has 0 aromatic heterocycles. The second kappa shape index (κ2) is 9.46. The van der Waals surface area contributed by atoms with Crippen molar-refractivity contribution in [1.29, 1.82) is 0 Å². The first kappa shape index (κ1) is 20.1. The summed E-state index contributed by atoms with van der Waals surface area (Å²) in [5, 5.41) is 6.76. The van der Waals surface area contributed by atoms with Crippen LogP contribution in [0, 0.1) is 24.4 Å². The van der Waals surface area contributed by atoms with Crippen molar-refractivity contribution >= 4 is 17.6 Å². The number of hydrogen-bond acceptors (Lipinski definition) is 3. The number of halogens is 3. The molecular formula is C18H18F3N3O3. The van der Waals surface area contributed by atoms with E-state index >= 15 is 0 Å². The van der Waals surface area contributed by atoms with E-state index in [1.54, 1.807) is 6.07 Å². The molecule has 27 heavy (non-hydrogen) atoms. The summed E-state index contributed by atoms with van der Waals surface area (Å²) in [6, 6.07) is 8.34. The van der Waals surface area contributed by atoms with Crippen molar-refractivity contribution in [3.63, 3.8) is 0 Å². The summed E-state index contributed by atoms with van der Waals surface area (Å²) in [6.07, 6.45) is 0. The summed E-state index contributed by atoms with van der Waals surface area (Å²) >= 11 is 0. The van der Waals surface area contributed by atoms with Gasteiger partial charge in [-0.3, -0.25) is 4.79 Å². The van der Waals surface area contributed by atoms with Crippen LogP contribution in [0.2, 0.25) is 0 Å². The molecule has 0 aliphatic carbocycles. The van der Waals surface area contributed by atoms with E-state index in [1.165, 1.54) is 0 Å². The van der Waals surface area contributed by atoms with Crippen molar-refractivity contribution in [2.24, 2.45) is 0 Å². The Morgan fingerprint density at radius 1 is 1.04 bits per heavy atom. The van der Waals surface area contributed by atoms with Crippen molar-refractivity contribution in [3.05, 3.63) is 59.4 Å². The maximum atomic E-state index is 13.4. The van der Waals surface area contributed by atoms with Gasteiger partial charge in [-0.2, -0.15) is 0 Å². The molecule has 2 aromatic carbocycles. The van der Waals surface area contributed by atoms with E-state index in [4.69, 9.17) is 4.74 Å². The largest absolute Gasteiger partial charge is 0.492 e. The zero-order valence-electron chi connectivity index (χ0n) is 14.4. The molecular weight excluding hydrogens is 363 g/mol. The Bertz CT molecular complexity index is 831. The lowest BCUT2D eigenvalue weighted by Gasteiger charge is -2.10. The number of rotatable bonds is 7. The van der Waals surface area contributed by atoms with Crippen LogP contribution >= 0.6 is 0 Å². The molecule has 2 rings (SSSR count). The molecule has 6 nitrogen and oxygen atoms in total. The van der Waals surface area contributed by atoms with E-state index in [0.29, 0.717) is 11.8 Å². The van der Waals surface area contributed by atoms with Gasteiger partial charge in [0.05, 0.1) is 18.8 Å². The molecule has 9 heteroatoms. The number of aryl methyl sites for hydroxylation is 1. The number of carbonyl (C=O) groups excluding carboxylic acids is 2. The van der Waals surface area contributed by atoms with Crippen molar-refractivity contribution < 1.29 is 27.5 Å². The van der Waals surface area contributed by atoms with Gasteiger partial charge in [0.15, 0.2) is 17.5 Å². The molecule has 0 fully saturated rings. The van der Waals surface area contributed by atoms with Crippen LogP contribution < -0.4 is 20.7 Å². The third kappa shape index (κ3) is 6.21. The van der Waals surface area contributed by atoms with Gasteiger partial charge in [-0.15, -0.1) is 0 Å². The van der Waals surface area contributed by atoms with Gasteiger partial charge < -0.3 is 20.7 Å². The van der Waals surface area contributed by atoms with Crippen LogP contribution in [0.3, 0.4) is 0 Å². The van der Waals surface area contributed by atoms with Crippen LogP contribution in [0.5, 0.6) is 5.75 Å². The Hall–Kier alpha value is -3.23. The quantitative estimate of drug-likeness (QED) is 0.510. The van der Waals surface area contributed by atoms with Crippen LogP contribution in [-0.2, 0) is 4.79 Å². The minimum absolute atomic E-state index is 0.194. The highest BCUT2D eigenvalue weighted by Crippen LogP contribution is 2.19. The van der Waals surface area contributed by atoms with Gasteiger partial charge >= 0.3 is 6.03 Å². The van der Waals surface area contributed by atoms with Crippen LogP contribution in [0.25, 0.3) is 0 Å². The molecule has 3 N–H and O–H groups in total. The third-order valence-electron chi connectivity index (χ3n) is 3.36. The van der Waals surface area contributed by atoms with Crippen LogP contribution in [0.1, 0.15) is 5.56 Å². The molecule has 0 atom stereocenters. The van der Waals surface area contributed by atoms with Gasteiger partial charge in [0.25, 0.3) is 0 Å². The molecule has 0 heterocycles. The number of anilines is 1. The number of ether oxygens (including phenoxy) is 1. The van der Waals surface area contributed by atoms with Crippen molar-refractivity contribution in [3.8, 4) is 5.75 Å². The summed E-state index contributed by atoms with van der Waals surface area (Å²) < 4.78 is 44.8. The zero-order valence-corrected chi connectivity index (χ0v) is 14.4. The normalized spacial score (nSPS) is 10.2. The monoisotopic (exact) mass is 381 g/mol. The molecule has 0 saturated heterocycles. The summed E-state index contributed by atoms with van der Waals surface area (Å²) in [7, 11) is 0. The Morgan fingerprint density at radius 3 is 2.56 bits per heavy atom. The predicted octanol–water partition coefficient (Wildman–Crippen LogP) is 2.73. The number of hydrogen-bond donors (Lipinski definition) is 3. The molecule has 0 aliphatic heterocycles. The highest BCUT2D eigenvalue weighted by atomic mass is 19.2. The smallest absolute Gasteiger partial charge is 0.315 e. The van der Waals surface area contributed by atoms with Gasteiger partial charge in [0, 0.05) is 0 Å². The number of amides is 3. The van der Waals surface area contributed by atoms with Crippen molar-refractivity contribution in [2.45, 2.75) is 6.92 Å². The molecule has 0 spiro atoms.